The smallest absolute Gasteiger partial charge is 0.325 e. The van der Waals surface area contributed by atoms with Crippen LogP contribution in [0.5, 0.6) is 0 Å². The molecule has 1 aromatic carbocycles. The van der Waals surface area contributed by atoms with Gasteiger partial charge in [-0.1, -0.05) is 42.0 Å². The van der Waals surface area contributed by atoms with Crippen molar-refractivity contribution in [2.75, 3.05) is 0 Å². The van der Waals surface area contributed by atoms with E-state index >= 15 is 0 Å². The summed E-state index contributed by atoms with van der Waals surface area (Å²) in [4.78, 5) is 21.9. The number of amides is 1. The van der Waals surface area contributed by atoms with Crippen molar-refractivity contribution in [3.05, 3.63) is 41.5 Å². The van der Waals surface area contributed by atoms with Crippen LogP contribution in [0.4, 0.5) is 0 Å². The monoisotopic (exact) mass is 247 g/mol. The molecule has 0 aliphatic rings. The Balaban J connectivity index is 2.43. The number of aryl methyl sites for hydroxylation is 1. The van der Waals surface area contributed by atoms with Crippen molar-refractivity contribution in [3.8, 4) is 0 Å². The number of carbonyl (C=O) groups is 2. The fourth-order valence-corrected chi connectivity index (χ4v) is 1.34. The molecule has 4 nitrogen and oxygen atoms in total. The first-order valence-corrected chi connectivity index (χ1v) is 5.74. The van der Waals surface area contributed by atoms with E-state index in [2.05, 4.69) is 5.32 Å². The van der Waals surface area contributed by atoms with Crippen LogP contribution in [-0.4, -0.2) is 23.0 Å². The largest absolute Gasteiger partial charge is 0.480 e. The van der Waals surface area contributed by atoms with Crippen molar-refractivity contribution in [3.63, 3.8) is 0 Å². The number of benzene rings is 1. The third kappa shape index (κ3) is 4.82. The molecule has 0 spiro atoms. The summed E-state index contributed by atoms with van der Waals surface area (Å²) in [6, 6.07) is 7.05. The Hall–Kier alpha value is -2.10. The zero-order valence-electron chi connectivity index (χ0n) is 10.5. The standard InChI is InChI=1S/C14H17NO3/c1-10-6-8-12(9-7-10)4-3-5-13(16)15-11(2)14(17)18/h3-4,6-9,11H,5H2,1-2H3,(H,15,16)(H,17,18)/b4-3+/t11-/m1/s1. The molecule has 18 heavy (non-hydrogen) atoms. The van der Waals surface area contributed by atoms with Crippen molar-refractivity contribution >= 4 is 18.0 Å². The van der Waals surface area contributed by atoms with Gasteiger partial charge in [0.05, 0.1) is 0 Å². The molecule has 0 aromatic heterocycles. The lowest BCUT2D eigenvalue weighted by Crippen LogP contribution is -2.37. The molecule has 0 saturated carbocycles. The Morgan fingerprint density at radius 3 is 2.50 bits per heavy atom. The van der Waals surface area contributed by atoms with Gasteiger partial charge in [-0.05, 0) is 19.4 Å². The molecule has 96 valence electrons. The molecule has 0 aliphatic carbocycles. The Kier molecular flexibility index (Phi) is 5.11. The number of aliphatic carboxylic acids is 1. The van der Waals surface area contributed by atoms with Crippen molar-refractivity contribution in [1.29, 1.82) is 0 Å². The molecule has 0 radical (unpaired) electrons. The molecule has 4 heteroatoms. The first-order chi connectivity index (χ1) is 8.49. The van der Waals surface area contributed by atoms with Crippen LogP contribution in [0.15, 0.2) is 30.3 Å². The van der Waals surface area contributed by atoms with Gasteiger partial charge in [0.25, 0.3) is 0 Å². The van der Waals surface area contributed by atoms with E-state index in [4.69, 9.17) is 5.11 Å². The zero-order chi connectivity index (χ0) is 13.5. The Morgan fingerprint density at radius 1 is 1.33 bits per heavy atom. The van der Waals surface area contributed by atoms with Gasteiger partial charge in [-0.15, -0.1) is 0 Å². The Bertz CT molecular complexity index is 449. The molecular weight excluding hydrogens is 230 g/mol. The van der Waals surface area contributed by atoms with Crippen LogP contribution < -0.4 is 5.32 Å². The molecule has 0 heterocycles. The maximum atomic E-state index is 11.4. The maximum absolute atomic E-state index is 11.4. The quantitative estimate of drug-likeness (QED) is 0.836. The number of nitrogens with one attached hydrogen (secondary N) is 1. The topological polar surface area (TPSA) is 66.4 Å². The minimum Gasteiger partial charge on any atom is -0.480 e. The molecule has 0 fully saturated rings. The van der Waals surface area contributed by atoms with E-state index in [9.17, 15) is 9.59 Å². The van der Waals surface area contributed by atoms with E-state index < -0.39 is 12.0 Å². The summed E-state index contributed by atoms with van der Waals surface area (Å²) in [5.41, 5.74) is 2.19. The Labute approximate surface area is 106 Å². The number of hydrogen-bond acceptors (Lipinski definition) is 2. The fraction of sp³-hybridized carbons (Fsp3) is 0.286. The van der Waals surface area contributed by atoms with Crippen LogP contribution >= 0.6 is 0 Å². The van der Waals surface area contributed by atoms with Gasteiger partial charge < -0.3 is 10.4 Å². The molecule has 2 N–H and O–H groups in total. The second-order valence-corrected chi connectivity index (χ2v) is 4.14. The number of carboxylic acid groups (broad SMARTS) is 1. The molecule has 0 aliphatic heterocycles. The fourth-order valence-electron chi connectivity index (χ4n) is 1.34. The molecule has 1 rings (SSSR count). The zero-order valence-corrected chi connectivity index (χ0v) is 10.5. The number of carbonyl (C=O) groups excluding carboxylic acids is 1. The van der Waals surface area contributed by atoms with Gasteiger partial charge in [0.15, 0.2) is 0 Å². The highest BCUT2D eigenvalue weighted by Gasteiger charge is 2.12. The van der Waals surface area contributed by atoms with E-state index in [0.29, 0.717) is 0 Å². The van der Waals surface area contributed by atoms with Crippen molar-refractivity contribution in [1.82, 2.24) is 5.32 Å². The van der Waals surface area contributed by atoms with Gasteiger partial charge in [-0.3, -0.25) is 9.59 Å². The van der Waals surface area contributed by atoms with E-state index in [1.807, 2.05) is 37.3 Å². The Morgan fingerprint density at radius 2 is 1.94 bits per heavy atom. The predicted octanol–water partition coefficient (Wildman–Crippen LogP) is 1.99. The van der Waals surface area contributed by atoms with Gasteiger partial charge >= 0.3 is 5.97 Å². The van der Waals surface area contributed by atoms with Crippen molar-refractivity contribution in [2.24, 2.45) is 0 Å². The minimum atomic E-state index is -1.04. The molecule has 0 saturated heterocycles. The van der Waals surface area contributed by atoms with Gasteiger partial charge in [0.1, 0.15) is 6.04 Å². The second-order valence-electron chi connectivity index (χ2n) is 4.14. The summed E-state index contributed by atoms with van der Waals surface area (Å²) >= 11 is 0. The summed E-state index contributed by atoms with van der Waals surface area (Å²) in [7, 11) is 0. The second kappa shape index (κ2) is 6.59. The van der Waals surface area contributed by atoms with E-state index in [0.717, 1.165) is 5.56 Å². The third-order valence-electron chi connectivity index (χ3n) is 2.44. The summed E-state index contributed by atoms with van der Waals surface area (Å²) in [5.74, 6) is -1.33. The molecule has 1 atom stereocenters. The van der Waals surface area contributed by atoms with Gasteiger partial charge in [0.2, 0.25) is 5.91 Å². The van der Waals surface area contributed by atoms with E-state index in [-0.39, 0.29) is 12.3 Å². The van der Waals surface area contributed by atoms with E-state index in [1.165, 1.54) is 12.5 Å². The predicted molar refractivity (Wildman–Crippen MR) is 70.1 cm³/mol. The summed E-state index contributed by atoms with van der Waals surface area (Å²) in [5, 5.41) is 11.0. The van der Waals surface area contributed by atoms with Gasteiger partial charge in [-0.2, -0.15) is 0 Å². The summed E-state index contributed by atoms with van der Waals surface area (Å²) < 4.78 is 0. The lowest BCUT2D eigenvalue weighted by Gasteiger charge is -2.07. The van der Waals surface area contributed by atoms with Crippen LogP contribution in [0, 0.1) is 6.92 Å². The number of rotatable bonds is 5. The number of carboxylic acids is 1. The first kappa shape index (κ1) is 14.0. The van der Waals surface area contributed by atoms with Crippen molar-refractivity contribution < 1.29 is 14.7 Å². The van der Waals surface area contributed by atoms with E-state index in [1.54, 1.807) is 6.08 Å². The maximum Gasteiger partial charge on any atom is 0.325 e. The lowest BCUT2D eigenvalue weighted by molar-refractivity contribution is -0.141. The van der Waals surface area contributed by atoms with Crippen LogP contribution in [-0.2, 0) is 9.59 Å². The average molecular weight is 247 g/mol. The highest BCUT2D eigenvalue weighted by atomic mass is 16.4. The normalized spacial score (nSPS) is 12.3. The van der Waals surface area contributed by atoms with Crippen LogP contribution in [0.1, 0.15) is 24.5 Å². The van der Waals surface area contributed by atoms with Gasteiger partial charge in [-0.25, -0.2) is 0 Å². The highest BCUT2D eigenvalue weighted by molar-refractivity contribution is 5.84. The summed E-state index contributed by atoms with van der Waals surface area (Å²) in [6.07, 6.45) is 3.73. The first-order valence-electron chi connectivity index (χ1n) is 5.74. The number of hydrogen-bond donors (Lipinski definition) is 2. The van der Waals surface area contributed by atoms with Gasteiger partial charge in [0, 0.05) is 6.42 Å². The average Bonchev–Trinajstić information content (AvgIpc) is 2.31. The minimum absolute atomic E-state index is 0.172. The third-order valence-corrected chi connectivity index (χ3v) is 2.44. The molecule has 1 amide bonds. The summed E-state index contributed by atoms with van der Waals surface area (Å²) in [6.45, 7) is 3.44. The lowest BCUT2D eigenvalue weighted by atomic mass is 10.1. The molecule has 0 bridgehead atoms. The van der Waals surface area contributed by atoms with Crippen LogP contribution in [0.3, 0.4) is 0 Å². The van der Waals surface area contributed by atoms with Crippen LogP contribution in [0.25, 0.3) is 6.08 Å². The van der Waals surface area contributed by atoms with Crippen molar-refractivity contribution in [2.45, 2.75) is 26.3 Å². The molecule has 0 unspecified atom stereocenters. The molecule has 1 aromatic rings. The molecular formula is C14H17NO3. The highest BCUT2D eigenvalue weighted by Crippen LogP contribution is 2.05. The SMILES string of the molecule is Cc1ccc(/C=C/CC(=O)N[C@H](C)C(=O)O)cc1. The van der Waals surface area contributed by atoms with Crippen LogP contribution in [0.2, 0.25) is 0 Å².